The van der Waals surface area contributed by atoms with E-state index < -0.39 is 12.0 Å². The van der Waals surface area contributed by atoms with Crippen molar-refractivity contribution in [2.24, 2.45) is 5.92 Å². The quantitative estimate of drug-likeness (QED) is 0.723. The van der Waals surface area contributed by atoms with Crippen LogP contribution in [0.2, 0.25) is 0 Å². The van der Waals surface area contributed by atoms with Crippen molar-refractivity contribution in [1.82, 2.24) is 10.6 Å². The van der Waals surface area contributed by atoms with Crippen molar-refractivity contribution in [3.63, 3.8) is 0 Å². The van der Waals surface area contributed by atoms with Crippen molar-refractivity contribution in [3.05, 3.63) is 35.9 Å². The Bertz CT molecular complexity index is 462. The summed E-state index contributed by atoms with van der Waals surface area (Å²) in [5.74, 6) is -0.579. The molecule has 116 valence electrons. The molecule has 0 saturated heterocycles. The smallest absolute Gasteiger partial charge is 0.315 e. The molecule has 0 aliphatic heterocycles. The zero-order chi connectivity index (χ0) is 15.8. The van der Waals surface area contributed by atoms with Crippen LogP contribution >= 0.6 is 0 Å². The first-order valence-corrected chi connectivity index (χ1v) is 7.27. The Morgan fingerprint density at radius 3 is 2.29 bits per heavy atom. The normalized spacial score (nSPS) is 14.8. The average Bonchev–Trinajstić information content (AvgIpc) is 2.46. The van der Waals surface area contributed by atoms with Crippen LogP contribution in [0.5, 0.6) is 0 Å². The van der Waals surface area contributed by atoms with Gasteiger partial charge in [0.05, 0.1) is 12.5 Å². The molecule has 0 heterocycles. The highest BCUT2D eigenvalue weighted by Crippen LogP contribution is 2.16. The van der Waals surface area contributed by atoms with Gasteiger partial charge in [-0.05, 0) is 18.4 Å². The van der Waals surface area contributed by atoms with Gasteiger partial charge in [0, 0.05) is 6.04 Å². The van der Waals surface area contributed by atoms with Crippen molar-refractivity contribution >= 4 is 12.0 Å². The number of nitrogens with one attached hydrogen (secondary N) is 2. The molecule has 0 bridgehead atoms. The fourth-order valence-electron chi connectivity index (χ4n) is 2.01. The maximum absolute atomic E-state index is 12.0. The molecular formula is C16H24N2O3. The van der Waals surface area contributed by atoms with Gasteiger partial charge in [0.2, 0.25) is 0 Å². The Balaban J connectivity index is 2.69. The Morgan fingerprint density at radius 2 is 1.76 bits per heavy atom. The molecule has 5 heteroatoms. The van der Waals surface area contributed by atoms with Gasteiger partial charge in [-0.2, -0.15) is 0 Å². The fourth-order valence-corrected chi connectivity index (χ4v) is 2.01. The number of carboxylic acid groups (broad SMARTS) is 1. The molecule has 21 heavy (non-hydrogen) atoms. The third-order valence-corrected chi connectivity index (χ3v) is 3.74. The zero-order valence-electron chi connectivity index (χ0n) is 12.8. The number of carbonyl (C=O) groups excluding carboxylic acids is 1. The van der Waals surface area contributed by atoms with Crippen LogP contribution in [0.15, 0.2) is 30.3 Å². The van der Waals surface area contributed by atoms with Gasteiger partial charge in [0.15, 0.2) is 0 Å². The monoisotopic (exact) mass is 292 g/mol. The molecule has 3 N–H and O–H groups in total. The molecule has 0 radical (unpaired) electrons. The maximum Gasteiger partial charge on any atom is 0.315 e. The van der Waals surface area contributed by atoms with Crippen LogP contribution in [0.25, 0.3) is 0 Å². The summed E-state index contributed by atoms with van der Waals surface area (Å²) in [7, 11) is 0. The number of hydrogen-bond donors (Lipinski definition) is 3. The van der Waals surface area contributed by atoms with E-state index >= 15 is 0 Å². The number of rotatable bonds is 7. The molecule has 3 unspecified atom stereocenters. The minimum atomic E-state index is -0.945. The summed E-state index contributed by atoms with van der Waals surface area (Å²) in [4.78, 5) is 23.0. The second-order valence-electron chi connectivity index (χ2n) is 5.35. The predicted molar refractivity (Wildman–Crippen MR) is 82.0 cm³/mol. The van der Waals surface area contributed by atoms with Gasteiger partial charge < -0.3 is 15.7 Å². The van der Waals surface area contributed by atoms with E-state index in [0.29, 0.717) is 5.92 Å². The molecule has 1 rings (SSSR count). The lowest BCUT2D eigenvalue weighted by molar-refractivity contribution is -0.137. The molecule has 3 atom stereocenters. The standard InChI is InChI=1S/C16H24N2O3/c1-4-11(2)12(3)17-16(21)18-14(10-15(19)20)13-8-6-5-7-9-13/h5-9,11-12,14H,4,10H2,1-3H3,(H,19,20)(H2,17,18,21). The lowest BCUT2D eigenvalue weighted by atomic mass is 10.0. The number of benzene rings is 1. The van der Waals surface area contributed by atoms with E-state index in [1.807, 2.05) is 37.3 Å². The molecule has 0 aliphatic carbocycles. The third kappa shape index (κ3) is 5.85. The van der Waals surface area contributed by atoms with Crippen LogP contribution in [0.3, 0.4) is 0 Å². The van der Waals surface area contributed by atoms with E-state index in [1.165, 1.54) is 0 Å². The molecule has 5 nitrogen and oxygen atoms in total. The summed E-state index contributed by atoms with van der Waals surface area (Å²) < 4.78 is 0. The number of urea groups is 1. The van der Waals surface area contributed by atoms with Gasteiger partial charge in [-0.25, -0.2) is 4.79 Å². The lowest BCUT2D eigenvalue weighted by Gasteiger charge is -2.23. The number of amides is 2. The van der Waals surface area contributed by atoms with E-state index in [9.17, 15) is 9.59 Å². The molecule has 0 spiro atoms. The highest BCUT2D eigenvalue weighted by atomic mass is 16.4. The van der Waals surface area contributed by atoms with E-state index in [1.54, 1.807) is 0 Å². The molecular weight excluding hydrogens is 268 g/mol. The highest BCUT2D eigenvalue weighted by molar-refractivity contribution is 5.76. The topological polar surface area (TPSA) is 78.4 Å². The maximum atomic E-state index is 12.0. The summed E-state index contributed by atoms with van der Waals surface area (Å²) in [5, 5.41) is 14.6. The molecule has 1 aromatic carbocycles. The Kier molecular flexibility index (Phi) is 6.72. The van der Waals surface area contributed by atoms with Gasteiger partial charge in [-0.3, -0.25) is 4.79 Å². The number of carboxylic acids is 1. The predicted octanol–water partition coefficient (Wildman–Crippen LogP) is 2.94. The van der Waals surface area contributed by atoms with Crippen LogP contribution in [-0.4, -0.2) is 23.1 Å². The van der Waals surface area contributed by atoms with Gasteiger partial charge in [0.25, 0.3) is 0 Å². The van der Waals surface area contributed by atoms with Crippen molar-refractivity contribution in [1.29, 1.82) is 0 Å². The van der Waals surface area contributed by atoms with Crippen molar-refractivity contribution in [2.75, 3.05) is 0 Å². The first-order valence-electron chi connectivity index (χ1n) is 7.27. The largest absolute Gasteiger partial charge is 0.481 e. The summed E-state index contributed by atoms with van der Waals surface area (Å²) in [6.45, 7) is 6.08. The minimum Gasteiger partial charge on any atom is -0.481 e. The van der Waals surface area contributed by atoms with Gasteiger partial charge >= 0.3 is 12.0 Å². The highest BCUT2D eigenvalue weighted by Gasteiger charge is 2.19. The first kappa shape index (κ1) is 17.0. The van der Waals surface area contributed by atoms with Crippen LogP contribution < -0.4 is 10.6 Å². The SMILES string of the molecule is CCC(C)C(C)NC(=O)NC(CC(=O)O)c1ccccc1. The average molecular weight is 292 g/mol. The van der Waals surface area contributed by atoms with Crippen molar-refractivity contribution in [3.8, 4) is 0 Å². The second-order valence-corrected chi connectivity index (χ2v) is 5.35. The third-order valence-electron chi connectivity index (χ3n) is 3.74. The molecule has 0 aromatic heterocycles. The minimum absolute atomic E-state index is 0.0382. The summed E-state index contributed by atoms with van der Waals surface area (Å²) in [6, 6.07) is 8.29. The van der Waals surface area contributed by atoms with Gasteiger partial charge in [-0.15, -0.1) is 0 Å². The molecule has 1 aromatic rings. The van der Waals surface area contributed by atoms with E-state index in [4.69, 9.17) is 5.11 Å². The number of hydrogen-bond acceptors (Lipinski definition) is 2. The molecule has 0 saturated carbocycles. The van der Waals surface area contributed by atoms with Crippen LogP contribution in [-0.2, 0) is 4.79 Å². The summed E-state index contributed by atoms with van der Waals surface area (Å²) in [5.41, 5.74) is 0.784. The first-order chi connectivity index (χ1) is 9.93. The van der Waals surface area contributed by atoms with Crippen LogP contribution in [0.4, 0.5) is 4.79 Å². The van der Waals surface area contributed by atoms with Crippen molar-refractivity contribution in [2.45, 2.75) is 45.7 Å². The van der Waals surface area contributed by atoms with E-state index in [0.717, 1.165) is 12.0 Å². The van der Waals surface area contributed by atoms with Crippen LogP contribution in [0, 0.1) is 5.92 Å². The molecule has 0 aliphatic rings. The second kappa shape index (κ2) is 8.29. The fraction of sp³-hybridized carbons (Fsp3) is 0.500. The number of carbonyl (C=O) groups is 2. The van der Waals surface area contributed by atoms with E-state index in [-0.39, 0.29) is 18.5 Å². The summed E-state index contributed by atoms with van der Waals surface area (Å²) >= 11 is 0. The Labute approximate surface area is 125 Å². The van der Waals surface area contributed by atoms with Crippen molar-refractivity contribution < 1.29 is 14.7 Å². The van der Waals surface area contributed by atoms with Crippen LogP contribution in [0.1, 0.15) is 45.2 Å². The van der Waals surface area contributed by atoms with Gasteiger partial charge in [0.1, 0.15) is 0 Å². The zero-order valence-corrected chi connectivity index (χ0v) is 12.8. The number of aliphatic carboxylic acids is 1. The molecule has 2 amide bonds. The Hall–Kier alpha value is -2.04. The molecule has 0 fully saturated rings. The summed E-state index contributed by atoms with van der Waals surface area (Å²) in [6.07, 6.45) is 0.827. The Morgan fingerprint density at radius 1 is 1.14 bits per heavy atom. The van der Waals surface area contributed by atoms with E-state index in [2.05, 4.69) is 24.5 Å². The van der Waals surface area contributed by atoms with Gasteiger partial charge in [-0.1, -0.05) is 50.6 Å². The lowest BCUT2D eigenvalue weighted by Crippen LogP contribution is -2.45.